The Morgan fingerprint density at radius 3 is 2.79 bits per heavy atom. The van der Waals surface area contributed by atoms with Gasteiger partial charge in [0.1, 0.15) is 5.75 Å². The number of aryl methyl sites for hydroxylation is 1. The van der Waals surface area contributed by atoms with E-state index in [-0.39, 0.29) is 25.4 Å². The summed E-state index contributed by atoms with van der Waals surface area (Å²) in [5.74, 6) is -1.34. The van der Waals surface area contributed by atoms with Gasteiger partial charge in [-0.15, -0.1) is 0 Å². The largest absolute Gasteiger partial charge is 0.495 e. The van der Waals surface area contributed by atoms with Gasteiger partial charge in [0.25, 0.3) is 0 Å². The molecule has 1 unspecified atom stereocenters. The van der Waals surface area contributed by atoms with E-state index in [1.807, 2.05) is 0 Å². The van der Waals surface area contributed by atoms with Gasteiger partial charge in [-0.05, 0) is 37.9 Å². The van der Waals surface area contributed by atoms with Gasteiger partial charge in [-0.3, -0.25) is 9.69 Å². The van der Waals surface area contributed by atoms with Crippen molar-refractivity contribution in [1.82, 2.24) is 4.90 Å². The molecule has 0 radical (unpaired) electrons. The molecule has 1 aliphatic heterocycles. The average Bonchev–Trinajstić information content (AvgIpc) is 2.50. The molecule has 8 heteroatoms. The Balaban J connectivity index is 2.00. The normalized spacial score (nSPS) is 19.2. The van der Waals surface area contributed by atoms with Crippen LogP contribution < -0.4 is 10.1 Å². The Bertz CT molecular complexity index is 608. The molecule has 1 N–H and O–H groups in total. The molecule has 1 fully saturated rings. The predicted molar refractivity (Wildman–Crippen MR) is 86.6 cm³/mol. The highest BCUT2D eigenvalue weighted by Crippen LogP contribution is 2.33. The third-order valence-corrected chi connectivity index (χ3v) is 4.50. The van der Waals surface area contributed by atoms with Gasteiger partial charge >= 0.3 is 6.18 Å². The monoisotopic (exact) mass is 364 g/mol. The van der Waals surface area contributed by atoms with E-state index in [1.165, 1.54) is 12.0 Å². The van der Waals surface area contributed by atoms with Crippen LogP contribution in [0.2, 0.25) is 5.02 Å². The first-order valence-electron chi connectivity index (χ1n) is 7.63. The van der Waals surface area contributed by atoms with Gasteiger partial charge in [-0.25, -0.2) is 0 Å². The van der Waals surface area contributed by atoms with Crippen LogP contribution in [0.3, 0.4) is 0 Å². The highest BCUT2D eigenvalue weighted by Gasteiger charge is 2.41. The number of benzene rings is 1. The Morgan fingerprint density at radius 2 is 2.17 bits per heavy atom. The number of ether oxygens (including phenoxy) is 1. The number of rotatable bonds is 4. The topological polar surface area (TPSA) is 41.6 Å². The van der Waals surface area contributed by atoms with Crippen LogP contribution in [0.4, 0.5) is 18.9 Å². The molecule has 2 rings (SSSR count). The highest BCUT2D eigenvalue weighted by molar-refractivity contribution is 6.31. The molecule has 0 saturated carbocycles. The summed E-state index contributed by atoms with van der Waals surface area (Å²) in [4.78, 5) is 13.7. The number of likely N-dealkylation sites (tertiary alicyclic amines) is 1. The minimum absolute atomic E-state index is 0.0859. The van der Waals surface area contributed by atoms with E-state index in [9.17, 15) is 18.0 Å². The van der Waals surface area contributed by atoms with Crippen molar-refractivity contribution in [1.29, 1.82) is 0 Å². The van der Waals surface area contributed by atoms with Crippen molar-refractivity contribution in [3.63, 3.8) is 0 Å². The summed E-state index contributed by atoms with van der Waals surface area (Å²) in [5, 5.41) is 3.19. The zero-order valence-corrected chi connectivity index (χ0v) is 14.3. The second-order valence-corrected chi connectivity index (χ2v) is 6.37. The lowest BCUT2D eigenvalue weighted by Gasteiger charge is -2.33. The summed E-state index contributed by atoms with van der Waals surface area (Å²) in [6.07, 6.45) is -3.67. The molecule has 1 amide bonds. The number of nitrogens with zero attached hydrogens (tertiary/aromatic N) is 1. The number of carbonyl (C=O) groups excluding carboxylic acids is 1. The van der Waals surface area contributed by atoms with Crippen molar-refractivity contribution in [3.8, 4) is 5.75 Å². The van der Waals surface area contributed by atoms with Crippen LogP contribution in [-0.2, 0) is 4.79 Å². The van der Waals surface area contributed by atoms with Crippen molar-refractivity contribution < 1.29 is 22.7 Å². The summed E-state index contributed by atoms with van der Waals surface area (Å²) < 4.78 is 43.6. The highest BCUT2D eigenvalue weighted by atomic mass is 35.5. The van der Waals surface area contributed by atoms with Gasteiger partial charge in [0.05, 0.1) is 25.3 Å². The zero-order valence-electron chi connectivity index (χ0n) is 13.5. The molecule has 0 aliphatic carbocycles. The van der Waals surface area contributed by atoms with Crippen molar-refractivity contribution in [2.75, 3.05) is 32.1 Å². The fourth-order valence-electron chi connectivity index (χ4n) is 2.79. The van der Waals surface area contributed by atoms with Gasteiger partial charge in [0.2, 0.25) is 5.91 Å². The van der Waals surface area contributed by atoms with Crippen LogP contribution >= 0.6 is 11.6 Å². The average molecular weight is 365 g/mol. The first kappa shape index (κ1) is 18.9. The van der Waals surface area contributed by atoms with Gasteiger partial charge in [0.15, 0.2) is 0 Å². The fourth-order valence-corrected chi connectivity index (χ4v) is 2.94. The van der Waals surface area contributed by atoms with E-state index in [0.29, 0.717) is 29.4 Å². The third-order valence-electron chi connectivity index (χ3n) is 4.09. The molecule has 0 aromatic heterocycles. The van der Waals surface area contributed by atoms with Gasteiger partial charge in [-0.1, -0.05) is 11.6 Å². The van der Waals surface area contributed by atoms with E-state index < -0.39 is 12.1 Å². The molecule has 1 atom stereocenters. The number of amides is 1. The molecule has 4 nitrogen and oxygen atoms in total. The maximum absolute atomic E-state index is 12.8. The lowest BCUT2D eigenvalue weighted by atomic mass is 9.97. The van der Waals surface area contributed by atoms with Crippen molar-refractivity contribution >= 4 is 23.2 Å². The molecule has 134 valence electrons. The van der Waals surface area contributed by atoms with E-state index in [2.05, 4.69) is 5.32 Å². The van der Waals surface area contributed by atoms with Crippen LogP contribution in [0, 0.1) is 12.8 Å². The minimum atomic E-state index is -4.22. The molecule has 24 heavy (non-hydrogen) atoms. The van der Waals surface area contributed by atoms with Crippen LogP contribution in [0.1, 0.15) is 18.4 Å². The molecular weight excluding hydrogens is 345 g/mol. The number of piperidine rings is 1. The predicted octanol–water partition coefficient (Wildman–Crippen LogP) is 3.87. The molecular formula is C16H20ClF3N2O2. The number of halogens is 4. The molecule has 0 spiro atoms. The summed E-state index contributed by atoms with van der Waals surface area (Å²) >= 11 is 6.01. The first-order chi connectivity index (χ1) is 11.2. The molecule has 0 bridgehead atoms. The van der Waals surface area contributed by atoms with Crippen molar-refractivity contribution in [2.45, 2.75) is 25.9 Å². The second kappa shape index (κ2) is 7.61. The van der Waals surface area contributed by atoms with Crippen LogP contribution in [0.25, 0.3) is 0 Å². The fraction of sp³-hybridized carbons (Fsp3) is 0.562. The number of carbonyl (C=O) groups is 1. The van der Waals surface area contributed by atoms with Crippen LogP contribution in [-0.4, -0.2) is 43.7 Å². The smallest absolute Gasteiger partial charge is 0.393 e. The molecule has 1 aromatic carbocycles. The number of methoxy groups -OCH3 is 1. The maximum Gasteiger partial charge on any atom is 0.393 e. The lowest BCUT2D eigenvalue weighted by molar-refractivity contribution is -0.186. The zero-order chi connectivity index (χ0) is 17.9. The number of nitrogens with one attached hydrogen (secondary N) is 1. The summed E-state index contributed by atoms with van der Waals surface area (Å²) in [6, 6.07) is 3.26. The van der Waals surface area contributed by atoms with E-state index >= 15 is 0 Å². The number of alkyl halides is 3. The minimum Gasteiger partial charge on any atom is -0.495 e. The quantitative estimate of drug-likeness (QED) is 0.881. The SMILES string of the molecule is COc1cc(Cl)c(C)cc1NC(=O)CN1CCCC(C(F)(F)F)C1. The van der Waals surface area contributed by atoms with Crippen LogP contribution in [0.5, 0.6) is 5.75 Å². The third kappa shape index (κ3) is 4.77. The summed E-state index contributed by atoms with van der Waals surface area (Å²) in [5.41, 5.74) is 1.22. The molecule has 1 saturated heterocycles. The molecule has 1 heterocycles. The van der Waals surface area contributed by atoms with E-state index in [4.69, 9.17) is 16.3 Å². The van der Waals surface area contributed by atoms with Gasteiger partial charge < -0.3 is 10.1 Å². The second-order valence-electron chi connectivity index (χ2n) is 5.97. The summed E-state index contributed by atoms with van der Waals surface area (Å²) in [6.45, 7) is 2.04. The standard InChI is InChI=1S/C16H20ClF3N2O2/c1-10-6-13(14(24-2)7-12(10)17)21-15(23)9-22-5-3-4-11(8-22)16(18,19)20/h6-7,11H,3-5,8-9H2,1-2H3,(H,21,23). The van der Waals surface area contributed by atoms with Gasteiger partial charge in [0, 0.05) is 17.6 Å². The van der Waals surface area contributed by atoms with E-state index in [0.717, 1.165) is 5.56 Å². The Kier molecular flexibility index (Phi) is 5.98. The molecule has 1 aromatic rings. The number of hydrogen-bond acceptors (Lipinski definition) is 3. The maximum atomic E-state index is 12.8. The van der Waals surface area contributed by atoms with E-state index in [1.54, 1.807) is 19.1 Å². The lowest BCUT2D eigenvalue weighted by Crippen LogP contribution is -2.44. The van der Waals surface area contributed by atoms with Gasteiger partial charge in [-0.2, -0.15) is 13.2 Å². The van der Waals surface area contributed by atoms with Crippen LogP contribution in [0.15, 0.2) is 12.1 Å². The first-order valence-corrected chi connectivity index (χ1v) is 8.01. The number of anilines is 1. The van der Waals surface area contributed by atoms with Crippen molar-refractivity contribution in [2.24, 2.45) is 5.92 Å². The Labute approximate surface area is 143 Å². The molecule has 1 aliphatic rings. The van der Waals surface area contributed by atoms with Crippen molar-refractivity contribution in [3.05, 3.63) is 22.7 Å². The Morgan fingerprint density at radius 1 is 1.46 bits per heavy atom. The number of hydrogen-bond donors (Lipinski definition) is 1. The summed E-state index contributed by atoms with van der Waals surface area (Å²) in [7, 11) is 1.45. The Hall–Kier alpha value is -1.47.